The van der Waals surface area contributed by atoms with Crippen molar-refractivity contribution in [1.29, 1.82) is 0 Å². The first-order chi connectivity index (χ1) is 8.10. The van der Waals surface area contributed by atoms with E-state index in [2.05, 4.69) is 25.8 Å². The van der Waals surface area contributed by atoms with E-state index in [1.54, 1.807) is 0 Å². The molecule has 0 amide bonds. The minimum atomic E-state index is 0.284. The molecule has 0 aromatic rings. The highest BCUT2D eigenvalue weighted by Crippen LogP contribution is 2.42. The zero-order valence-electron chi connectivity index (χ0n) is 11.9. The molecule has 0 aromatic carbocycles. The molecule has 0 bridgehead atoms. The lowest BCUT2D eigenvalue weighted by atomic mass is 9.68. The second-order valence-corrected chi connectivity index (χ2v) is 6.64. The average Bonchev–Trinajstić information content (AvgIpc) is 2.85. The molecule has 0 heterocycles. The zero-order chi connectivity index (χ0) is 12.5. The molecular weight excluding hydrogens is 208 g/mol. The van der Waals surface area contributed by atoms with Crippen molar-refractivity contribution in [3.05, 3.63) is 0 Å². The van der Waals surface area contributed by atoms with Gasteiger partial charge in [0.2, 0.25) is 0 Å². The first kappa shape index (κ1) is 13.4. The van der Waals surface area contributed by atoms with Gasteiger partial charge in [-0.25, -0.2) is 0 Å². The molecule has 2 aliphatic rings. The Bertz CT molecular complexity index is 247. The normalized spacial score (nSPS) is 40.1. The monoisotopic (exact) mass is 238 g/mol. The molecule has 2 saturated carbocycles. The van der Waals surface area contributed by atoms with Crippen LogP contribution in [0.15, 0.2) is 0 Å². The maximum absolute atomic E-state index is 6.22. The van der Waals surface area contributed by atoms with Gasteiger partial charge in [-0.3, -0.25) is 4.90 Å². The molecule has 0 aliphatic heterocycles. The van der Waals surface area contributed by atoms with Crippen LogP contribution in [-0.4, -0.2) is 30.1 Å². The molecule has 2 fully saturated rings. The minimum Gasteiger partial charge on any atom is -0.329 e. The molecule has 2 rings (SSSR count). The maximum Gasteiger partial charge on any atom is 0.0359 e. The van der Waals surface area contributed by atoms with Crippen LogP contribution in [0.5, 0.6) is 0 Å². The number of hydrogen-bond donors (Lipinski definition) is 1. The summed E-state index contributed by atoms with van der Waals surface area (Å²) in [6.07, 6.45) is 9.66. The molecule has 2 heteroatoms. The van der Waals surface area contributed by atoms with Gasteiger partial charge in [0.05, 0.1) is 0 Å². The summed E-state index contributed by atoms with van der Waals surface area (Å²) in [6, 6.07) is 0.797. The van der Waals surface area contributed by atoms with Gasteiger partial charge in [0, 0.05) is 18.1 Å². The molecule has 100 valence electrons. The van der Waals surface area contributed by atoms with Crippen molar-refractivity contribution in [2.45, 2.75) is 70.4 Å². The molecule has 2 N–H and O–H groups in total. The van der Waals surface area contributed by atoms with Crippen molar-refractivity contribution < 1.29 is 0 Å². The summed E-state index contributed by atoms with van der Waals surface area (Å²) < 4.78 is 0. The Labute approximate surface area is 107 Å². The predicted molar refractivity (Wildman–Crippen MR) is 74.0 cm³/mol. The summed E-state index contributed by atoms with van der Waals surface area (Å²) in [5.41, 5.74) is 6.50. The van der Waals surface area contributed by atoms with E-state index in [1.807, 2.05) is 0 Å². The average molecular weight is 238 g/mol. The molecule has 0 spiro atoms. The second-order valence-electron chi connectivity index (χ2n) is 6.64. The quantitative estimate of drug-likeness (QED) is 0.819. The van der Waals surface area contributed by atoms with Gasteiger partial charge in [0.1, 0.15) is 0 Å². The molecule has 17 heavy (non-hydrogen) atoms. The third kappa shape index (κ3) is 2.39. The second kappa shape index (κ2) is 5.27. The van der Waals surface area contributed by atoms with Gasteiger partial charge in [0.15, 0.2) is 0 Å². The molecule has 2 nitrogen and oxygen atoms in total. The van der Waals surface area contributed by atoms with Gasteiger partial charge >= 0.3 is 0 Å². The van der Waals surface area contributed by atoms with E-state index in [-0.39, 0.29) is 5.54 Å². The Hall–Kier alpha value is -0.0800. The summed E-state index contributed by atoms with van der Waals surface area (Å²) >= 11 is 0. The third-order valence-electron chi connectivity index (χ3n) is 5.64. The lowest BCUT2D eigenvalue weighted by molar-refractivity contribution is -0.0119. The highest BCUT2D eigenvalue weighted by atomic mass is 15.2. The van der Waals surface area contributed by atoms with Gasteiger partial charge in [-0.15, -0.1) is 0 Å². The smallest absolute Gasteiger partial charge is 0.0359 e. The van der Waals surface area contributed by atoms with Crippen molar-refractivity contribution >= 4 is 0 Å². The van der Waals surface area contributed by atoms with Crippen LogP contribution in [0.3, 0.4) is 0 Å². The van der Waals surface area contributed by atoms with Crippen LogP contribution in [0, 0.1) is 11.8 Å². The Morgan fingerprint density at radius 1 is 1.12 bits per heavy atom. The summed E-state index contributed by atoms with van der Waals surface area (Å²) in [5, 5.41) is 0. The molecular formula is C15H30N2. The summed E-state index contributed by atoms with van der Waals surface area (Å²) in [5.74, 6) is 1.60. The van der Waals surface area contributed by atoms with Gasteiger partial charge in [-0.2, -0.15) is 0 Å². The number of likely N-dealkylation sites (N-methyl/N-ethyl adjacent to an activating group) is 1. The first-order valence-corrected chi connectivity index (χ1v) is 7.53. The Morgan fingerprint density at radius 2 is 1.76 bits per heavy atom. The van der Waals surface area contributed by atoms with Crippen LogP contribution in [0.25, 0.3) is 0 Å². The fourth-order valence-corrected chi connectivity index (χ4v) is 4.29. The van der Waals surface area contributed by atoms with Crippen LogP contribution >= 0.6 is 0 Å². The highest BCUT2D eigenvalue weighted by molar-refractivity contribution is 5.01. The molecule has 3 atom stereocenters. The Morgan fingerprint density at radius 3 is 2.35 bits per heavy atom. The number of rotatable bonds is 3. The summed E-state index contributed by atoms with van der Waals surface area (Å²) in [4.78, 5) is 2.68. The Kier molecular flexibility index (Phi) is 4.14. The van der Waals surface area contributed by atoms with Crippen molar-refractivity contribution in [2.75, 3.05) is 13.6 Å². The Balaban J connectivity index is 2.15. The highest BCUT2D eigenvalue weighted by Gasteiger charge is 2.45. The third-order valence-corrected chi connectivity index (χ3v) is 5.64. The number of nitrogens with two attached hydrogens (primary N) is 1. The summed E-state index contributed by atoms with van der Waals surface area (Å²) in [6.45, 7) is 5.66. The largest absolute Gasteiger partial charge is 0.329 e. The van der Waals surface area contributed by atoms with E-state index in [9.17, 15) is 0 Å². The number of hydrogen-bond acceptors (Lipinski definition) is 2. The zero-order valence-corrected chi connectivity index (χ0v) is 11.9. The van der Waals surface area contributed by atoms with E-state index in [1.165, 1.54) is 44.9 Å². The predicted octanol–water partition coefficient (Wildman–Crippen LogP) is 3.01. The van der Waals surface area contributed by atoms with E-state index in [0.29, 0.717) is 0 Å². The first-order valence-electron chi connectivity index (χ1n) is 7.53. The molecule has 3 unspecified atom stereocenters. The molecule has 0 aromatic heterocycles. The summed E-state index contributed by atoms with van der Waals surface area (Å²) in [7, 11) is 2.34. The lowest BCUT2D eigenvalue weighted by Crippen LogP contribution is -2.61. The fourth-order valence-electron chi connectivity index (χ4n) is 4.29. The number of nitrogens with zero attached hydrogens (tertiary/aromatic N) is 1. The van der Waals surface area contributed by atoms with Gasteiger partial charge in [0.25, 0.3) is 0 Å². The molecule has 0 radical (unpaired) electrons. The molecule has 0 saturated heterocycles. The van der Waals surface area contributed by atoms with Gasteiger partial charge in [-0.1, -0.05) is 33.1 Å². The van der Waals surface area contributed by atoms with E-state index >= 15 is 0 Å². The van der Waals surface area contributed by atoms with E-state index in [0.717, 1.165) is 24.4 Å². The minimum absolute atomic E-state index is 0.284. The van der Waals surface area contributed by atoms with Crippen LogP contribution in [-0.2, 0) is 0 Å². The van der Waals surface area contributed by atoms with Crippen molar-refractivity contribution in [3.63, 3.8) is 0 Å². The SMILES string of the molecule is CC1CCC(C)C(CN)(N(C)C2CCCC2)C1. The van der Waals surface area contributed by atoms with Crippen molar-refractivity contribution in [2.24, 2.45) is 17.6 Å². The topological polar surface area (TPSA) is 29.3 Å². The van der Waals surface area contributed by atoms with Crippen molar-refractivity contribution in [3.8, 4) is 0 Å². The standard InChI is InChI=1S/C15H30N2/c1-12-8-9-13(2)15(10-12,11-16)17(3)14-6-4-5-7-14/h12-14H,4-11,16H2,1-3H3. The lowest BCUT2D eigenvalue weighted by Gasteiger charge is -2.52. The van der Waals surface area contributed by atoms with Crippen molar-refractivity contribution in [1.82, 2.24) is 4.90 Å². The van der Waals surface area contributed by atoms with Crippen LogP contribution in [0.4, 0.5) is 0 Å². The van der Waals surface area contributed by atoms with Crippen LogP contribution < -0.4 is 5.73 Å². The fraction of sp³-hybridized carbons (Fsp3) is 1.00. The van der Waals surface area contributed by atoms with Gasteiger partial charge in [-0.05, 0) is 44.6 Å². The van der Waals surface area contributed by atoms with Crippen LogP contribution in [0.2, 0.25) is 0 Å². The van der Waals surface area contributed by atoms with Gasteiger partial charge < -0.3 is 5.73 Å². The maximum atomic E-state index is 6.22. The van der Waals surface area contributed by atoms with Crippen LogP contribution in [0.1, 0.15) is 58.8 Å². The molecule has 2 aliphatic carbocycles. The van der Waals surface area contributed by atoms with E-state index in [4.69, 9.17) is 5.73 Å². The van der Waals surface area contributed by atoms with E-state index < -0.39 is 0 Å².